The molecule has 0 radical (unpaired) electrons. The van der Waals surface area contributed by atoms with E-state index in [2.05, 4.69) is 14.8 Å². The van der Waals surface area contributed by atoms with Gasteiger partial charge in [-0.1, -0.05) is 11.2 Å². The maximum absolute atomic E-state index is 13.7. The largest absolute Gasteiger partial charge is 0.573 e. The lowest BCUT2D eigenvalue weighted by Crippen LogP contribution is -2.38. The van der Waals surface area contributed by atoms with Crippen LogP contribution in [0.25, 0.3) is 10.4 Å². The maximum atomic E-state index is 13.7. The first-order valence-electron chi connectivity index (χ1n) is 6.67. The van der Waals surface area contributed by atoms with E-state index in [1.165, 1.54) is 0 Å². The average molecular weight is 357 g/mol. The molecule has 1 aromatic carbocycles. The first-order chi connectivity index (χ1) is 11.0. The SMILES string of the molecule is [N-]=[N+]=NC(c1ccc(OC(F)(F)F)c(F)c1)C1CC(C(F)(F)F)C1. The molecule has 0 saturated heterocycles. The number of alkyl halides is 6. The first-order valence-corrected chi connectivity index (χ1v) is 6.67. The minimum atomic E-state index is -5.08. The number of ether oxygens (including phenoxy) is 1. The topological polar surface area (TPSA) is 58.0 Å². The minimum absolute atomic E-state index is 0.00884. The van der Waals surface area contributed by atoms with E-state index in [1.54, 1.807) is 0 Å². The summed E-state index contributed by atoms with van der Waals surface area (Å²) in [6.45, 7) is 0. The van der Waals surface area contributed by atoms with Gasteiger partial charge in [-0.2, -0.15) is 13.2 Å². The summed E-state index contributed by atoms with van der Waals surface area (Å²) in [4.78, 5) is 2.52. The molecule has 0 amide bonds. The third kappa shape index (κ3) is 4.22. The molecule has 0 bridgehead atoms. The van der Waals surface area contributed by atoms with Crippen molar-refractivity contribution in [2.45, 2.75) is 31.4 Å². The van der Waals surface area contributed by atoms with Gasteiger partial charge in [0.2, 0.25) is 0 Å². The molecule has 1 unspecified atom stereocenters. The third-order valence-electron chi connectivity index (χ3n) is 3.78. The monoisotopic (exact) mass is 357 g/mol. The molecule has 0 aliphatic heterocycles. The van der Waals surface area contributed by atoms with Crippen LogP contribution >= 0.6 is 0 Å². The predicted octanol–water partition coefficient (Wildman–Crippen LogP) is 5.66. The van der Waals surface area contributed by atoms with Crippen molar-refractivity contribution in [3.63, 3.8) is 0 Å². The normalized spacial score (nSPS) is 22.3. The van der Waals surface area contributed by atoms with Crippen LogP contribution in [0.5, 0.6) is 5.75 Å². The van der Waals surface area contributed by atoms with Gasteiger partial charge in [-0.3, -0.25) is 0 Å². The quantitative estimate of drug-likeness (QED) is 0.297. The molecule has 0 N–H and O–H groups in total. The molecule has 1 aliphatic carbocycles. The molecule has 2 rings (SSSR count). The van der Waals surface area contributed by atoms with Crippen molar-refractivity contribution in [1.29, 1.82) is 0 Å². The number of nitrogens with zero attached hydrogens (tertiary/aromatic N) is 3. The molecular weight excluding hydrogens is 347 g/mol. The summed E-state index contributed by atoms with van der Waals surface area (Å²) in [7, 11) is 0. The van der Waals surface area contributed by atoms with Gasteiger partial charge in [0.15, 0.2) is 11.6 Å². The van der Waals surface area contributed by atoms with Gasteiger partial charge in [-0.15, -0.1) is 13.2 Å². The Morgan fingerprint density at radius 1 is 1.17 bits per heavy atom. The summed E-state index contributed by atoms with van der Waals surface area (Å²) in [6, 6.07) is 1.30. The molecule has 0 spiro atoms. The van der Waals surface area contributed by atoms with Gasteiger partial charge in [0.1, 0.15) is 0 Å². The van der Waals surface area contributed by atoms with E-state index >= 15 is 0 Å². The van der Waals surface area contributed by atoms with Crippen LogP contribution in [-0.2, 0) is 0 Å². The Morgan fingerprint density at radius 2 is 1.79 bits per heavy atom. The minimum Gasteiger partial charge on any atom is -0.403 e. The van der Waals surface area contributed by atoms with E-state index in [9.17, 15) is 30.7 Å². The van der Waals surface area contributed by atoms with Crippen LogP contribution in [-0.4, -0.2) is 12.5 Å². The lowest BCUT2D eigenvalue weighted by molar-refractivity contribution is -0.275. The van der Waals surface area contributed by atoms with Crippen molar-refractivity contribution in [2.75, 3.05) is 0 Å². The molecule has 4 nitrogen and oxygen atoms in total. The summed E-state index contributed by atoms with van der Waals surface area (Å²) in [5.41, 5.74) is 8.53. The summed E-state index contributed by atoms with van der Waals surface area (Å²) >= 11 is 0. The summed E-state index contributed by atoms with van der Waals surface area (Å²) < 4.78 is 91.0. The summed E-state index contributed by atoms with van der Waals surface area (Å²) in [6.07, 6.45) is -10.0. The van der Waals surface area contributed by atoms with Gasteiger partial charge in [-0.25, -0.2) is 4.39 Å². The number of hydrogen-bond acceptors (Lipinski definition) is 2. The van der Waals surface area contributed by atoms with E-state index in [0.717, 1.165) is 6.07 Å². The molecule has 1 aliphatic rings. The van der Waals surface area contributed by atoms with Crippen LogP contribution in [0.1, 0.15) is 24.4 Å². The third-order valence-corrected chi connectivity index (χ3v) is 3.78. The molecule has 132 valence electrons. The second kappa shape index (κ2) is 6.39. The standard InChI is InChI=1S/C13H10F7N3O/c14-9-5-6(1-2-10(9)24-13(18,19)20)11(22-23-21)7-3-8(4-7)12(15,16)17/h1-2,5,7-8,11H,3-4H2. The molecule has 1 saturated carbocycles. The van der Waals surface area contributed by atoms with E-state index in [4.69, 9.17) is 5.53 Å². The van der Waals surface area contributed by atoms with Crippen LogP contribution in [0, 0.1) is 17.7 Å². The zero-order valence-corrected chi connectivity index (χ0v) is 11.8. The second-order valence-electron chi connectivity index (χ2n) is 5.36. The van der Waals surface area contributed by atoms with Gasteiger partial charge in [0.05, 0.1) is 12.0 Å². The van der Waals surface area contributed by atoms with Crippen LogP contribution in [0.4, 0.5) is 30.7 Å². The van der Waals surface area contributed by atoms with Gasteiger partial charge >= 0.3 is 12.5 Å². The number of azide groups is 1. The van der Waals surface area contributed by atoms with Crippen molar-refractivity contribution in [1.82, 2.24) is 0 Å². The maximum Gasteiger partial charge on any atom is 0.573 e. The summed E-state index contributed by atoms with van der Waals surface area (Å²) in [5, 5.41) is 3.36. The Balaban J connectivity index is 2.18. The lowest BCUT2D eigenvalue weighted by atomic mass is 9.69. The fraction of sp³-hybridized carbons (Fsp3) is 0.538. The van der Waals surface area contributed by atoms with Crippen LogP contribution in [0.15, 0.2) is 23.3 Å². The Bertz CT molecular complexity index is 646. The second-order valence-corrected chi connectivity index (χ2v) is 5.36. The molecule has 1 atom stereocenters. The fourth-order valence-electron chi connectivity index (χ4n) is 2.58. The Hall–Kier alpha value is -2.16. The Kier molecular flexibility index (Phi) is 4.84. The zero-order chi connectivity index (χ0) is 18.1. The van der Waals surface area contributed by atoms with E-state index in [1.807, 2.05) is 0 Å². The van der Waals surface area contributed by atoms with Gasteiger partial charge in [0, 0.05) is 4.91 Å². The molecule has 0 heterocycles. The highest BCUT2D eigenvalue weighted by molar-refractivity contribution is 5.32. The molecule has 1 fully saturated rings. The Labute approximate surface area is 130 Å². The smallest absolute Gasteiger partial charge is 0.403 e. The molecule has 11 heteroatoms. The van der Waals surface area contributed by atoms with Gasteiger partial charge in [0.25, 0.3) is 0 Å². The highest BCUT2D eigenvalue weighted by Gasteiger charge is 2.49. The van der Waals surface area contributed by atoms with Gasteiger partial charge < -0.3 is 4.74 Å². The molecule has 24 heavy (non-hydrogen) atoms. The number of halogens is 7. The number of hydrogen-bond donors (Lipinski definition) is 0. The van der Waals surface area contributed by atoms with Gasteiger partial charge in [-0.05, 0) is 42.0 Å². The van der Waals surface area contributed by atoms with Crippen molar-refractivity contribution in [2.24, 2.45) is 17.0 Å². The van der Waals surface area contributed by atoms with Crippen molar-refractivity contribution in [3.05, 3.63) is 40.0 Å². The summed E-state index contributed by atoms with van der Waals surface area (Å²) in [5.74, 6) is -4.62. The molecule has 1 aromatic rings. The number of rotatable bonds is 4. The van der Waals surface area contributed by atoms with E-state index < -0.39 is 42.0 Å². The molecule has 0 aromatic heterocycles. The predicted molar refractivity (Wildman–Crippen MR) is 67.2 cm³/mol. The average Bonchev–Trinajstić information content (AvgIpc) is 2.35. The first kappa shape index (κ1) is 18.2. The highest BCUT2D eigenvalue weighted by Crippen LogP contribution is 2.50. The number of benzene rings is 1. The van der Waals surface area contributed by atoms with E-state index in [-0.39, 0.29) is 18.4 Å². The van der Waals surface area contributed by atoms with Crippen LogP contribution < -0.4 is 4.74 Å². The van der Waals surface area contributed by atoms with Crippen LogP contribution in [0.2, 0.25) is 0 Å². The van der Waals surface area contributed by atoms with Crippen molar-refractivity contribution < 1.29 is 35.5 Å². The zero-order valence-electron chi connectivity index (χ0n) is 11.8. The fourth-order valence-corrected chi connectivity index (χ4v) is 2.58. The van der Waals surface area contributed by atoms with Crippen LogP contribution in [0.3, 0.4) is 0 Å². The van der Waals surface area contributed by atoms with Crippen molar-refractivity contribution in [3.8, 4) is 5.75 Å². The highest BCUT2D eigenvalue weighted by atomic mass is 19.4. The molecular formula is C13H10F7N3O. The van der Waals surface area contributed by atoms with E-state index in [0.29, 0.717) is 12.1 Å². The van der Waals surface area contributed by atoms with Crippen molar-refractivity contribution >= 4 is 0 Å². The lowest BCUT2D eigenvalue weighted by Gasteiger charge is -2.39. The Morgan fingerprint density at radius 3 is 2.25 bits per heavy atom.